The Morgan fingerprint density at radius 1 is 1.60 bits per heavy atom. The molecule has 1 aromatic heterocycles. The van der Waals surface area contributed by atoms with Gasteiger partial charge < -0.3 is 9.67 Å². The van der Waals surface area contributed by atoms with Gasteiger partial charge in [0.1, 0.15) is 0 Å². The molecule has 0 aromatic carbocycles. The molecule has 1 aromatic rings. The van der Waals surface area contributed by atoms with Crippen molar-refractivity contribution in [3.63, 3.8) is 0 Å². The first-order valence-corrected chi connectivity index (χ1v) is 5.52. The summed E-state index contributed by atoms with van der Waals surface area (Å²) >= 11 is 0. The Kier molecular flexibility index (Phi) is 3.08. The van der Waals surface area contributed by atoms with Crippen LogP contribution in [0.1, 0.15) is 37.4 Å². The molecule has 0 radical (unpaired) electrons. The monoisotopic (exact) mass is 204 g/mol. The minimum atomic E-state index is -0.276. The fourth-order valence-electron chi connectivity index (χ4n) is 1.80. The highest BCUT2D eigenvalue weighted by Gasteiger charge is 2.30. The van der Waals surface area contributed by atoms with Gasteiger partial charge in [-0.2, -0.15) is 5.26 Å². The van der Waals surface area contributed by atoms with Crippen LogP contribution in [0.25, 0.3) is 0 Å². The Labute approximate surface area is 90.0 Å². The summed E-state index contributed by atoms with van der Waals surface area (Å²) in [5.74, 6) is 0.486. The number of hydrogen-bond donors (Lipinski definition) is 1. The van der Waals surface area contributed by atoms with Crippen LogP contribution in [-0.4, -0.2) is 9.67 Å². The maximum Gasteiger partial charge on any atom is 0.0832 e. The maximum absolute atomic E-state index is 9.88. The second kappa shape index (κ2) is 4.50. The van der Waals surface area contributed by atoms with Crippen molar-refractivity contribution in [2.75, 3.05) is 0 Å². The third kappa shape index (κ3) is 2.60. The smallest absolute Gasteiger partial charge is 0.0832 e. The molecular formula is C12H16N2O. The fraction of sp³-hybridized carbons (Fsp3) is 0.583. The van der Waals surface area contributed by atoms with Gasteiger partial charge in [0, 0.05) is 25.4 Å². The van der Waals surface area contributed by atoms with Crippen LogP contribution in [0.4, 0.5) is 0 Å². The summed E-state index contributed by atoms with van der Waals surface area (Å²) in [6.07, 6.45) is 7.49. The molecule has 3 nitrogen and oxygen atoms in total. The van der Waals surface area contributed by atoms with Crippen LogP contribution >= 0.6 is 0 Å². The van der Waals surface area contributed by atoms with E-state index in [1.54, 1.807) is 0 Å². The maximum atomic E-state index is 9.88. The van der Waals surface area contributed by atoms with E-state index in [4.69, 9.17) is 5.26 Å². The summed E-state index contributed by atoms with van der Waals surface area (Å²) in [4.78, 5) is 0. The molecule has 15 heavy (non-hydrogen) atoms. The lowest BCUT2D eigenvalue weighted by Gasteiger charge is -2.05. The van der Waals surface area contributed by atoms with E-state index in [9.17, 15) is 5.11 Å². The van der Waals surface area contributed by atoms with Gasteiger partial charge in [-0.25, -0.2) is 0 Å². The number of aryl methyl sites for hydroxylation is 1. The van der Waals surface area contributed by atoms with E-state index in [0.29, 0.717) is 12.3 Å². The number of nitriles is 1. The van der Waals surface area contributed by atoms with Gasteiger partial charge in [0.05, 0.1) is 12.2 Å². The van der Waals surface area contributed by atoms with Crippen LogP contribution in [0.5, 0.6) is 0 Å². The van der Waals surface area contributed by atoms with E-state index in [-0.39, 0.29) is 6.10 Å². The van der Waals surface area contributed by atoms with Crippen LogP contribution in [0.15, 0.2) is 18.5 Å². The Bertz CT molecular complexity index is 360. The quantitative estimate of drug-likeness (QED) is 0.748. The zero-order valence-electron chi connectivity index (χ0n) is 8.76. The van der Waals surface area contributed by atoms with Crippen LogP contribution in [0, 0.1) is 17.2 Å². The minimum Gasteiger partial charge on any atom is -0.388 e. The fourth-order valence-corrected chi connectivity index (χ4v) is 1.80. The van der Waals surface area contributed by atoms with Gasteiger partial charge in [0.2, 0.25) is 0 Å². The lowest BCUT2D eigenvalue weighted by atomic mass is 10.1. The summed E-state index contributed by atoms with van der Waals surface area (Å²) < 4.78 is 2.05. The molecule has 1 aliphatic carbocycles. The first kappa shape index (κ1) is 10.3. The van der Waals surface area contributed by atoms with Crippen molar-refractivity contribution in [2.24, 2.45) is 5.92 Å². The van der Waals surface area contributed by atoms with Crippen molar-refractivity contribution >= 4 is 0 Å². The van der Waals surface area contributed by atoms with Gasteiger partial charge in [-0.1, -0.05) is 0 Å². The molecule has 0 aliphatic heterocycles. The summed E-state index contributed by atoms with van der Waals surface area (Å²) in [7, 11) is 0. The molecule has 1 unspecified atom stereocenters. The molecule has 1 atom stereocenters. The zero-order chi connectivity index (χ0) is 10.7. The van der Waals surface area contributed by atoms with Gasteiger partial charge in [0.15, 0.2) is 0 Å². The molecule has 2 rings (SSSR count). The summed E-state index contributed by atoms with van der Waals surface area (Å²) in [6.45, 7) is 0.866. The van der Waals surface area contributed by atoms with Crippen LogP contribution < -0.4 is 0 Å². The average Bonchev–Trinajstić information content (AvgIpc) is 2.98. The van der Waals surface area contributed by atoms with E-state index in [0.717, 1.165) is 31.4 Å². The Hall–Kier alpha value is -1.27. The highest BCUT2D eigenvalue weighted by molar-refractivity contribution is 5.16. The molecule has 1 fully saturated rings. The van der Waals surface area contributed by atoms with Gasteiger partial charge in [-0.15, -0.1) is 0 Å². The van der Waals surface area contributed by atoms with Gasteiger partial charge in [0.25, 0.3) is 0 Å². The normalized spacial score (nSPS) is 17.3. The van der Waals surface area contributed by atoms with Crippen molar-refractivity contribution in [1.29, 1.82) is 5.26 Å². The number of aliphatic hydroxyl groups excluding tert-OH is 1. The molecule has 0 saturated heterocycles. The number of aliphatic hydroxyl groups is 1. The van der Waals surface area contributed by atoms with Crippen molar-refractivity contribution < 1.29 is 5.11 Å². The van der Waals surface area contributed by atoms with Gasteiger partial charge in [-0.05, 0) is 36.8 Å². The predicted octanol–water partition coefficient (Wildman–Crippen LogP) is 2.24. The van der Waals surface area contributed by atoms with Crippen LogP contribution in [-0.2, 0) is 6.54 Å². The third-order valence-corrected chi connectivity index (χ3v) is 2.89. The molecule has 1 heterocycles. The molecule has 1 aliphatic rings. The third-order valence-electron chi connectivity index (χ3n) is 2.89. The molecule has 1 N–H and O–H groups in total. The average molecular weight is 204 g/mol. The molecular weight excluding hydrogens is 188 g/mol. The van der Waals surface area contributed by atoms with Crippen molar-refractivity contribution in [3.8, 4) is 6.07 Å². The lowest BCUT2D eigenvalue weighted by molar-refractivity contribution is 0.154. The number of hydrogen-bond acceptors (Lipinski definition) is 2. The summed E-state index contributed by atoms with van der Waals surface area (Å²) in [6, 6.07) is 4.11. The Balaban J connectivity index is 1.89. The number of unbranched alkanes of at least 4 members (excludes halogenated alkanes) is 1. The summed E-state index contributed by atoms with van der Waals surface area (Å²) in [5.41, 5.74) is 1.02. The first-order chi connectivity index (χ1) is 7.31. The van der Waals surface area contributed by atoms with Crippen molar-refractivity contribution in [1.82, 2.24) is 4.57 Å². The number of rotatable bonds is 5. The van der Waals surface area contributed by atoms with Crippen LogP contribution in [0.2, 0.25) is 0 Å². The topological polar surface area (TPSA) is 49.0 Å². The van der Waals surface area contributed by atoms with Crippen LogP contribution in [0.3, 0.4) is 0 Å². The van der Waals surface area contributed by atoms with E-state index in [1.165, 1.54) is 0 Å². The molecule has 0 spiro atoms. The predicted molar refractivity (Wildman–Crippen MR) is 57.0 cm³/mol. The van der Waals surface area contributed by atoms with Crippen molar-refractivity contribution in [2.45, 2.75) is 38.3 Å². The lowest BCUT2D eigenvalue weighted by Crippen LogP contribution is -1.98. The Morgan fingerprint density at radius 3 is 3.07 bits per heavy atom. The van der Waals surface area contributed by atoms with E-state index in [1.807, 2.05) is 18.5 Å². The van der Waals surface area contributed by atoms with Gasteiger partial charge >= 0.3 is 0 Å². The largest absolute Gasteiger partial charge is 0.388 e. The van der Waals surface area contributed by atoms with Gasteiger partial charge in [-0.3, -0.25) is 0 Å². The molecule has 0 bridgehead atoms. The second-order valence-electron chi connectivity index (χ2n) is 4.23. The number of nitrogens with zero attached hydrogens (tertiary/aromatic N) is 2. The molecule has 80 valence electrons. The molecule has 1 saturated carbocycles. The second-order valence-corrected chi connectivity index (χ2v) is 4.23. The molecule has 0 amide bonds. The van der Waals surface area contributed by atoms with E-state index >= 15 is 0 Å². The minimum absolute atomic E-state index is 0.276. The highest BCUT2D eigenvalue weighted by Crippen LogP contribution is 2.40. The number of aromatic nitrogens is 1. The Morgan fingerprint density at radius 2 is 2.40 bits per heavy atom. The van der Waals surface area contributed by atoms with E-state index < -0.39 is 0 Å². The van der Waals surface area contributed by atoms with E-state index in [2.05, 4.69) is 10.6 Å². The first-order valence-electron chi connectivity index (χ1n) is 5.52. The highest BCUT2D eigenvalue weighted by atomic mass is 16.3. The SMILES string of the molecule is N#CCCCn1ccc(C(O)C2CC2)c1. The van der Waals surface area contributed by atoms with Crippen molar-refractivity contribution in [3.05, 3.63) is 24.0 Å². The zero-order valence-corrected chi connectivity index (χ0v) is 8.76. The molecule has 3 heteroatoms. The standard InChI is InChI=1S/C12H16N2O/c13-6-1-2-7-14-8-5-11(9-14)12(15)10-3-4-10/h5,8-10,12,15H,1-4,7H2. The summed E-state index contributed by atoms with van der Waals surface area (Å²) in [5, 5.41) is 18.3.